The third kappa shape index (κ3) is 2.34. The molecule has 0 spiro atoms. The van der Waals surface area contributed by atoms with Gasteiger partial charge in [-0.1, -0.05) is 6.07 Å². The third-order valence-electron chi connectivity index (χ3n) is 3.32. The van der Waals surface area contributed by atoms with Gasteiger partial charge in [0.25, 0.3) is 5.91 Å². The molecule has 1 saturated heterocycles. The van der Waals surface area contributed by atoms with Crippen molar-refractivity contribution < 1.29 is 13.9 Å². The van der Waals surface area contributed by atoms with Crippen LogP contribution in [0.1, 0.15) is 10.5 Å². The van der Waals surface area contributed by atoms with Gasteiger partial charge < -0.3 is 9.64 Å². The Bertz CT molecular complexity index is 629. The first-order valence-electron chi connectivity index (χ1n) is 6.46. The van der Waals surface area contributed by atoms with Crippen LogP contribution in [-0.4, -0.2) is 53.2 Å². The van der Waals surface area contributed by atoms with Crippen molar-refractivity contribution in [1.29, 1.82) is 0 Å². The lowest BCUT2D eigenvalue weighted by molar-refractivity contribution is -0.0311. The molecule has 5 nitrogen and oxygen atoms in total. The number of nitrogens with zero attached hydrogens (tertiary/aromatic N) is 3. The van der Waals surface area contributed by atoms with Crippen LogP contribution in [0.3, 0.4) is 0 Å². The molecular formula is C14H14FN3O2. The fraction of sp³-hybridized carbons (Fsp3) is 0.357. The predicted octanol–water partition coefficient (Wildman–Crippen LogP) is 1.44. The summed E-state index contributed by atoms with van der Waals surface area (Å²) in [6, 6.07) is 5.50. The summed E-state index contributed by atoms with van der Waals surface area (Å²) >= 11 is 0. The van der Waals surface area contributed by atoms with E-state index < -0.39 is 12.8 Å². The number of pyridine rings is 2. The number of alkyl halides is 1. The maximum atomic E-state index is 12.7. The summed E-state index contributed by atoms with van der Waals surface area (Å²) in [6.07, 6.45) is 2.67. The number of ether oxygens (including phenoxy) is 1. The van der Waals surface area contributed by atoms with Crippen molar-refractivity contribution in [2.24, 2.45) is 0 Å². The highest BCUT2D eigenvalue weighted by atomic mass is 19.1. The number of fused-ring (bicyclic) bond motifs is 1. The molecule has 0 bridgehead atoms. The van der Waals surface area contributed by atoms with Gasteiger partial charge in [-0.25, -0.2) is 9.37 Å². The second kappa shape index (κ2) is 5.50. The first-order valence-corrected chi connectivity index (χ1v) is 6.46. The topological polar surface area (TPSA) is 55.3 Å². The summed E-state index contributed by atoms with van der Waals surface area (Å²) in [6.45, 7) is 0.448. The molecule has 1 unspecified atom stereocenters. The molecule has 104 valence electrons. The van der Waals surface area contributed by atoms with E-state index in [2.05, 4.69) is 9.97 Å². The molecule has 1 fully saturated rings. The highest BCUT2D eigenvalue weighted by Crippen LogP contribution is 2.17. The van der Waals surface area contributed by atoms with Crippen LogP contribution in [0.2, 0.25) is 0 Å². The largest absolute Gasteiger partial charge is 0.372 e. The number of morpholine rings is 1. The fourth-order valence-corrected chi connectivity index (χ4v) is 2.31. The summed E-state index contributed by atoms with van der Waals surface area (Å²) in [7, 11) is 0. The quantitative estimate of drug-likeness (QED) is 0.832. The van der Waals surface area contributed by atoms with Gasteiger partial charge in [-0.15, -0.1) is 0 Å². The van der Waals surface area contributed by atoms with E-state index in [-0.39, 0.29) is 12.5 Å². The van der Waals surface area contributed by atoms with Gasteiger partial charge in [0.1, 0.15) is 18.3 Å². The molecule has 3 rings (SSSR count). The first-order chi connectivity index (χ1) is 9.79. The number of amides is 1. The van der Waals surface area contributed by atoms with Crippen LogP contribution in [0.5, 0.6) is 0 Å². The van der Waals surface area contributed by atoms with Crippen LogP contribution < -0.4 is 0 Å². The van der Waals surface area contributed by atoms with E-state index in [0.717, 1.165) is 5.39 Å². The average Bonchev–Trinajstić information content (AvgIpc) is 2.53. The zero-order chi connectivity index (χ0) is 13.9. The summed E-state index contributed by atoms with van der Waals surface area (Å²) in [4.78, 5) is 22.5. The molecule has 1 amide bonds. The van der Waals surface area contributed by atoms with Gasteiger partial charge in [-0.2, -0.15) is 0 Å². The molecule has 1 aliphatic heterocycles. The van der Waals surface area contributed by atoms with Gasteiger partial charge >= 0.3 is 0 Å². The summed E-state index contributed by atoms with van der Waals surface area (Å²) in [5, 5.41) is 0.862. The standard InChI is InChI=1S/C14H14FN3O2/c15-8-11-9-18(6-7-20-11)14(19)13-12-10(3-5-17-13)2-1-4-16-12/h1-5,11H,6-9H2. The molecule has 3 heterocycles. The lowest BCUT2D eigenvalue weighted by Crippen LogP contribution is -2.46. The van der Waals surface area contributed by atoms with Gasteiger partial charge in [-0.05, 0) is 12.1 Å². The lowest BCUT2D eigenvalue weighted by atomic mass is 10.2. The zero-order valence-corrected chi connectivity index (χ0v) is 10.8. The number of rotatable bonds is 2. The monoisotopic (exact) mass is 275 g/mol. The Balaban J connectivity index is 1.92. The Hall–Kier alpha value is -2.08. The molecule has 2 aromatic heterocycles. The first kappa shape index (κ1) is 12.9. The van der Waals surface area contributed by atoms with E-state index in [1.807, 2.05) is 18.2 Å². The van der Waals surface area contributed by atoms with E-state index in [1.165, 1.54) is 0 Å². The molecule has 1 atom stereocenters. The molecular weight excluding hydrogens is 261 g/mol. The van der Waals surface area contributed by atoms with Gasteiger partial charge in [-0.3, -0.25) is 9.78 Å². The number of carbonyl (C=O) groups is 1. The molecule has 20 heavy (non-hydrogen) atoms. The maximum absolute atomic E-state index is 12.7. The van der Waals surface area contributed by atoms with E-state index in [1.54, 1.807) is 17.3 Å². The zero-order valence-electron chi connectivity index (χ0n) is 10.8. The minimum Gasteiger partial charge on any atom is -0.372 e. The predicted molar refractivity (Wildman–Crippen MR) is 71.2 cm³/mol. The molecule has 1 aliphatic rings. The van der Waals surface area contributed by atoms with Crippen molar-refractivity contribution >= 4 is 16.8 Å². The van der Waals surface area contributed by atoms with Crippen molar-refractivity contribution in [1.82, 2.24) is 14.9 Å². The number of hydrogen-bond acceptors (Lipinski definition) is 4. The van der Waals surface area contributed by atoms with Crippen molar-refractivity contribution in [3.8, 4) is 0 Å². The molecule has 0 N–H and O–H groups in total. The van der Waals surface area contributed by atoms with Gasteiger partial charge in [0.15, 0.2) is 5.69 Å². The maximum Gasteiger partial charge on any atom is 0.274 e. The minimum atomic E-state index is -0.592. The van der Waals surface area contributed by atoms with E-state index in [4.69, 9.17) is 4.74 Å². The molecule has 2 aromatic rings. The Morgan fingerprint density at radius 1 is 1.40 bits per heavy atom. The van der Waals surface area contributed by atoms with E-state index in [0.29, 0.717) is 24.4 Å². The third-order valence-corrected chi connectivity index (χ3v) is 3.32. The van der Waals surface area contributed by atoms with Crippen LogP contribution in [0.25, 0.3) is 10.9 Å². The smallest absolute Gasteiger partial charge is 0.274 e. The highest BCUT2D eigenvalue weighted by molar-refractivity contribution is 6.03. The Kier molecular flexibility index (Phi) is 3.56. The molecule has 6 heteroatoms. The van der Waals surface area contributed by atoms with Gasteiger partial charge in [0, 0.05) is 30.9 Å². The molecule has 0 aromatic carbocycles. The SMILES string of the molecule is O=C(c1nccc2cccnc12)N1CCOC(CF)C1. The molecule has 0 radical (unpaired) electrons. The van der Waals surface area contributed by atoms with Crippen LogP contribution in [-0.2, 0) is 4.74 Å². The lowest BCUT2D eigenvalue weighted by Gasteiger charge is -2.31. The summed E-state index contributed by atoms with van der Waals surface area (Å²) in [5.41, 5.74) is 0.880. The molecule has 0 saturated carbocycles. The number of hydrogen-bond donors (Lipinski definition) is 0. The van der Waals surface area contributed by atoms with Crippen molar-refractivity contribution in [3.63, 3.8) is 0 Å². The highest BCUT2D eigenvalue weighted by Gasteiger charge is 2.26. The second-order valence-electron chi connectivity index (χ2n) is 4.63. The van der Waals surface area contributed by atoms with E-state index in [9.17, 15) is 9.18 Å². The number of carbonyl (C=O) groups excluding carboxylic acids is 1. The van der Waals surface area contributed by atoms with Crippen molar-refractivity contribution in [3.05, 3.63) is 36.3 Å². The Morgan fingerprint density at radius 3 is 3.15 bits per heavy atom. The summed E-state index contributed by atoms with van der Waals surface area (Å²) in [5.74, 6) is -0.226. The van der Waals surface area contributed by atoms with Crippen LogP contribution >= 0.6 is 0 Å². The number of aromatic nitrogens is 2. The van der Waals surface area contributed by atoms with Crippen LogP contribution in [0.15, 0.2) is 30.6 Å². The molecule has 0 aliphatic carbocycles. The van der Waals surface area contributed by atoms with Crippen LogP contribution in [0, 0.1) is 0 Å². The second-order valence-corrected chi connectivity index (χ2v) is 4.63. The summed E-state index contributed by atoms with van der Waals surface area (Å²) < 4.78 is 17.9. The van der Waals surface area contributed by atoms with Gasteiger partial charge in [0.2, 0.25) is 0 Å². The Morgan fingerprint density at radius 2 is 2.30 bits per heavy atom. The fourth-order valence-electron chi connectivity index (χ4n) is 2.31. The minimum absolute atomic E-state index is 0.226. The van der Waals surface area contributed by atoms with E-state index >= 15 is 0 Å². The number of halogens is 1. The normalized spacial score (nSPS) is 19.2. The average molecular weight is 275 g/mol. The van der Waals surface area contributed by atoms with Crippen molar-refractivity contribution in [2.45, 2.75) is 6.10 Å². The Labute approximate surface area is 115 Å². The van der Waals surface area contributed by atoms with Crippen molar-refractivity contribution in [2.75, 3.05) is 26.4 Å². The van der Waals surface area contributed by atoms with Gasteiger partial charge in [0.05, 0.1) is 6.61 Å². The van der Waals surface area contributed by atoms with Crippen LogP contribution in [0.4, 0.5) is 4.39 Å².